The van der Waals surface area contributed by atoms with Crippen molar-refractivity contribution in [2.75, 3.05) is 24.6 Å². The molecule has 0 saturated heterocycles. The van der Waals surface area contributed by atoms with Gasteiger partial charge in [-0.15, -0.1) is 0 Å². The number of hydrogen-bond acceptors (Lipinski definition) is 2. The molecule has 1 atom stereocenters. The van der Waals surface area contributed by atoms with Crippen LogP contribution >= 0.6 is 11.8 Å². The molecule has 0 aliphatic carbocycles. The molecule has 0 radical (unpaired) electrons. The second kappa shape index (κ2) is 11.2. The van der Waals surface area contributed by atoms with Gasteiger partial charge in [0.1, 0.15) is 5.82 Å². The number of rotatable bonds is 11. The lowest BCUT2D eigenvalue weighted by Crippen LogP contribution is -2.25. The summed E-state index contributed by atoms with van der Waals surface area (Å²) in [5, 5.41) is 3.53. The molecule has 1 N–H and O–H groups in total. The zero-order valence-corrected chi connectivity index (χ0v) is 13.6. The van der Waals surface area contributed by atoms with Gasteiger partial charge in [0, 0.05) is 0 Å². The minimum atomic E-state index is -0.145. The van der Waals surface area contributed by atoms with Gasteiger partial charge in [0.05, 0.1) is 0 Å². The lowest BCUT2D eigenvalue weighted by atomic mass is 9.95. The summed E-state index contributed by atoms with van der Waals surface area (Å²) >= 11 is 2.02. The first kappa shape index (κ1) is 17.5. The Hall–Kier alpha value is -0.540. The molecular formula is C17H28FNS. The average molecular weight is 297 g/mol. The molecule has 0 aromatic heterocycles. The van der Waals surface area contributed by atoms with Crippen LogP contribution in [0.1, 0.15) is 38.7 Å². The molecule has 1 nitrogen and oxygen atoms in total. The van der Waals surface area contributed by atoms with Gasteiger partial charge in [0.2, 0.25) is 0 Å². The van der Waals surface area contributed by atoms with Gasteiger partial charge in [-0.3, -0.25) is 0 Å². The molecule has 0 fully saturated rings. The summed E-state index contributed by atoms with van der Waals surface area (Å²) in [7, 11) is 0. The van der Waals surface area contributed by atoms with E-state index in [0.717, 1.165) is 19.5 Å². The third-order valence-electron chi connectivity index (χ3n) is 3.40. The highest BCUT2D eigenvalue weighted by Crippen LogP contribution is 2.16. The van der Waals surface area contributed by atoms with Gasteiger partial charge in [-0.1, -0.05) is 26.0 Å². The molecule has 0 heterocycles. The van der Waals surface area contributed by atoms with Crippen molar-refractivity contribution < 1.29 is 4.39 Å². The zero-order chi connectivity index (χ0) is 14.6. The Morgan fingerprint density at radius 1 is 1.20 bits per heavy atom. The van der Waals surface area contributed by atoms with Gasteiger partial charge in [-0.05, 0) is 73.9 Å². The Labute approximate surface area is 127 Å². The first-order chi connectivity index (χ1) is 9.76. The molecule has 1 rings (SSSR count). The number of nitrogens with one attached hydrogen (secondary N) is 1. The summed E-state index contributed by atoms with van der Waals surface area (Å²) in [5.41, 5.74) is 1.25. The smallest absolute Gasteiger partial charge is 0.123 e. The Balaban J connectivity index is 2.41. The predicted molar refractivity (Wildman–Crippen MR) is 89.0 cm³/mol. The summed E-state index contributed by atoms with van der Waals surface area (Å²) in [4.78, 5) is 0. The number of halogens is 1. The van der Waals surface area contributed by atoms with Crippen molar-refractivity contribution in [3.63, 3.8) is 0 Å². The molecule has 0 aliphatic heterocycles. The van der Waals surface area contributed by atoms with Crippen LogP contribution in [0.3, 0.4) is 0 Å². The van der Waals surface area contributed by atoms with Gasteiger partial charge in [0.15, 0.2) is 0 Å². The summed E-state index contributed by atoms with van der Waals surface area (Å²) in [5.74, 6) is 2.97. The molecule has 0 saturated carbocycles. The van der Waals surface area contributed by atoms with Crippen LogP contribution in [0.2, 0.25) is 0 Å². The van der Waals surface area contributed by atoms with E-state index in [-0.39, 0.29) is 5.82 Å². The molecule has 0 spiro atoms. The van der Waals surface area contributed by atoms with Crippen molar-refractivity contribution in [1.82, 2.24) is 5.32 Å². The average Bonchev–Trinajstić information content (AvgIpc) is 2.46. The molecule has 20 heavy (non-hydrogen) atoms. The number of benzene rings is 1. The summed E-state index contributed by atoms with van der Waals surface area (Å²) in [6, 6.07) is 6.98. The second-order valence-electron chi connectivity index (χ2n) is 5.24. The van der Waals surface area contributed by atoms with E-state index < -0.39 is 0 Å². The maximum Gasteiger partial charge on any atom is 0.123 e. The standard InChI is InChI=1S/C17H28FNS/c1-3-11-19-14-16(6-5-12-20-4-2)13-15-7-9-17(18)10-8-15/h7-10,16,19H,3-6,11-14H2,1-2H3. The number of thioether (sulfide) groups is 1. The third-order valence-corrected chi connectivity index (χ3v) is 4.39. The van der Waals surface area contributed by atoms with Gasteiger partial charge in [0.25, 0.3) is 0 Å². The van der Waals surface area contributed by atoms with E-state index in [0.29, 0.717) is 5.92 Å². The molecule has 0 aliphatic rings. The van der Waals surface area contributed by atoms with Crippen molar-refractivity contribution >= 4 is 11.8 Å². The molecule has 0 amide bonds. The van der Waals surface area contributed by atoms with Crippen LogP contribution in [0.5, 0.6) is 0 Å². The van der Waals surface area contributed by atoms with Crippen molar-refractivity contribution in [3.05, 3.63) is 35.6 Å². The van der Waals surface area contributed by atoms with Crippen molar-refractivity contribution in [2.24, 2.45) is 5.92 Å². The third kappa shape index (κ3) is 7.91. The monoisotopic (exact) mass is 297 g/mol. The Morgan fingerprint density at radius 2 is 1.95 bits per heavy atom. The van der Waals surface area contributed by atoms with Gasteiger partial charge < -0.3 is 5.32 Å². The summed E-state index contributed by atoms with van der Waals surface area (Å²) in [6.45, 7) is 6.56. The fourth-order valence-corrected chi connectivity index (χ4v) is 2.99. The fraction of sp³-hybridized carbons (Fsp3) is 0.647. The van der Waals surface area contributed by atoms with E-state index in [2.05, 4.69) is 19.2 Å². The van der Waals surface area contributed by atoms with Crippen LogP contribution in [0.25, 0.3) is 0 Å². The first-order valence-corrected chi connectivity index (χ1v) is 8.94. The quantitative estimate of drug-likeness (QED) is 0.603. The normalized spacial score (nSPS) is 12.6. The van der Waals surface area contributed by atoms with Crippen LogP contribution in [0.15, 0.2) is 24.3 Å². The molecule has 114 valence electrons. The van der Waals surface area contributed by atoms with Crippen LogP contribution in [-0.4, -0.2) is 24.6 Å². The van der Waals surface area contributed by atoms with Gasteiger partial charge in [-0.2, -0.15) is 11.8 Å². The minimum Gasteiger partial charge on any atom is -0.316 e. The van der Waals surface area contributed by atoms with E-state index in [9.17, 15) is 4.39 Å². The maximum absolute atomic E-state index is 12.9. The Kier molecular flexibility index (Phi) is 9.77. The van der Waals surface area contributed by atoms with E-state index in [1.54, 1.807) is 12.1 Å². The van der Waals surface area contributed by atoms with E-state index in [1.165, 1.54) is 36.3 Å². The predicted octanol–water partition coefficient (Wildman–Crippen LogP) is 4.52. The minimum absolute atomic E-state index is 0.145. The number of hydrogen-bond donors (Lipinski definition) is 1. The molecule has 1 aromatic rings. The Bertz CT molecular complexity index is 339. The Morgan fingerprint density at radius 3 is 2.60 bits per heavy atom. The second-order valence-corrected chi connectivity index (χ2v) is 6.63. The lowest BCUT2D eigenvalue weighted by Gasteiger charge is -2.17. The highest BCUT2D eigenvalue weighted by Gasteiger charge is 2.09. The maximum atomic E-state index is 12.9. The largest absolute Gasteiger partial charge is 0.316 e. The van der Waals surface area contributed by atoms with E-state index in [1.807, 2.05) is 23.9 Å². The van der Waals surface area contributed by atoms with Gasteiger partial charge in [-0.25, -0.2) is 4.39 Å². The first-order valence-electron chi connectivity index (χ1n) is 7.79. The van der Waals surface area contributed by atoms with Crippen molar-refractivity contribution in [3.8, 4) is 0 Å². The van der Waals surface area contributed by atoms with Crippen LogP contribution in [0, 0.1) is 11.7 Å². The van der Waals surface area contributed by atoms with E-state index in [4.69, 9.17) is 0 Å². The molecule has 1 unspecified atom stereocenters. The zero-order valence-electron chi connectivity index (χ0n) is 12.8. The SMILES string of the molecule is CCCNCC(CCCSCC)Cc1ccc(F)cc1. The molecule has 1 aromatic carbocycles. The highest BCUT2D eigenvalue weighted by atomic mass is 32.2. The topological polar surface area (TPSA) is 12.0 Å². The highest BCUT2D eigenvalue weighted by molar-refractivity contribution is 7.99. The van der Waals surface area contributed by atoms with Gasteiger partial charge >= 0.3 is 0 Å². The fourth-order valence-electron chi connectivity index (χ4n) is 2.33. The lowest BCUT2D eigenvalue weighted by molar-refractivity contribution is 0.440. The molecule has 3 heteroatoms. The molecular weight excluding hydrogens is 269 g/mol. The van der Waals surface area contributed by atoms with Crippen molar-refractivity contribution in [2.45, 2.75) is 39.5 Å². The van der Waals surface area contributed by atoms with Crippen LogP contribution < -0.4 is 5.32 Å². The van der Waals surface area contributed by atoms with E-state index >= 15 is 0 Å². The van der Waals surface area contributed by atoms with Crippen molar-refractivity contribution in [1.29, 1.82) is 0 Å². The van der Waals surface area contributed by atoms with Crippen LogP contribution in [-0.2, 0) is 6.42 Å². The molecule has 0 bridgehead atoms. The summed E-state index contributed by atoms with van der Waals surface area (Å²) < 4.78 is 12.9. The van der Waals surface area contributed by atoms with Crippen LogP contribution in [0.4, 0.5) is 4.39 Å². The summed E-state index contributed by atoms with van der Waals surface area (Å²) in [6.07, 6.45) is 4.75.